The summed E-state index contributed by atoms with van der Waals surface area (Å²) in [5.74, 6) is -0.183. The van der Waals surface area contributed by atoms with Crippen molar-refractivity contribution in [3.05, 3.63) is 52.3 Å². The second kappa shape index (κ2) is 7.62. The van der Waals surface area contributed by atoms with Gasteiger partial charge in [-0.2, -0.15) is 9.90 Å². The summed E-state index contributed by atoms with van der Waals surface area (Å²) < 4.78 is 0. The van der Waals surface area contributed by atoms with Crippen LogP contribution in [0.1, 0.15) is 48.3 Å². The molecule has 0 bridgehead atoms. The summed E-state index contributed by atoms with van der Waals surface area (Å²) in [7, 11) is 0. The minimum Gasteiger partial charge on any atom is -0.350 e. The van der Waals surface area contributed by atoms with Crippen LogP contribution in [0.3, 0.4) is 0 Å². The molecule has 0 saturated carbocycles. The van der Waals surface area contributed by atoms with Gasteiger partial charge in [-0.25, -0.2) is 0 Å². The monoisotopic (exact) mass is 344 g/mol. The highest BCUT2D eigenvalue weighted by Gasteiger charge is 2.16. The molecule has 1 aromatic carbocycles. The van der Waals surface area contributed by atoms with Gasteiger partial charge < -0.3 is 5.32 Å². The Balaban J connectivity index is 1.64. The molecular weight excluding hydrogens is 324 g/mol. The third-order valence-electron chi connectivity index (χ3n) is 4.15. The van der Waals surface area contributed by atoms with E-state index in [-0.39, 0.29) is 5.91 Å². The smallest absolute Gasteiger partial charge is 0.273 e. The predicted molar refractivity (Wildman–Crippen MR) is 94.6 cm³/mol. The Labute approximate surface area is 146 Å². The fraction of sp³-hybridized carbons (Fsp3) is 0.389. The molecule has 3 rings (SSSR count). The molecule has 0 atom stereocenters. The quantitative estimate of drug-likeness (QED) is 0.838. The summed E-state index contributed by atoms with van der Waals surface area (Å²) >= 11 is 5.99. The lowest BCUT2D eigenvalue weighted by molar-refractivity contribution is 0.0948. The van der Waals surface area contributed by atoms with E-state index in [1.54, 1.807) is 19.1 Å². The molecule has 0 spiro atoms. The number of amides is 1. The van der Waals surface area contributed by atoms with E-state index >= 15 is 0 Å². The van der Waals surface area contributed by atoms with Gasteiger partial charge in [-0.15, -0.1) is 5.10 Å². The van der Waals surface area contributed by atoms with E-state index in [1.165, 1.54) is 23.2 Å². The summed E-state index contributed by atoms with van der Waals surface area (Å²) in [5.41, 5.74) is 3.13. The average molecular weight is 345 g/mol. The van der Waals surface area contributed by atoms with Crippen LogP contribution < -0.4 is 5.32 Å². The van der Waals surface area contributed by atoms with E-state index in [0.717, 1.165) is 24.9 Å². The summed E-state index contributed by atoms with van der Waals surface area (Å²) in [6.45, 7) is 2.42. The van der Waals surface area contributed by atoms with Crippen molar-refractivity contribution in [2.45, 2.75) is 39.0 Å². The number of carbonyl (C=O) groups is 1. The number of rotatable bonds is 5. The minimum absolute atomic E-state index is 0.183. The second-order valence-corrected chi connectivity index (χ2v) is 6.45. The number of hydrogen-bond donors (Lipinski definition) is 1. The molecule has 0 saturated heterocycles. The lowest BCUT2D eigenvalue weighted by Gasteiger charge is -2.12. The maximum atomic E-state index is 12.3. The SMILES string of the molecule is Cc1nn(-c2cccc(Cl)c2)nc1C(=O)NCCC1=CCCCC1. The largest absolute Gasteiger partial charge is 0.350 e. The molecule has 1 heterocycles. The molecule has 0 unspecified atom stereocenters. The first-order chi connectivity index (χ1) is 11.6. The van der Waals surface area contributed by atoms with Crippen LogP contribution in [0.4, 0.5) is 0 Å². The third-order valence-corrected chi connectivity index (χ3v) is 4.39. The van der Waals surface area contributed by atoms with Crippen LogP contribution in [-0.2, 0) is 0 Å². The Morgan fingerprint density at radius 1 is 1.33 bits per heavy atom. The Hall–Kier alpha value is -2.14. The second-order valence-electron chi connectivity index (χ2n) is 6.02. The van der Waals surface area contributed by atoms with Gasteiger partial charge in [-0.3, -0.25) is 4.79 Å². The molecule has 6 heteroatoms. The number of nitrogens with zero attached hydrogens (tertiary/aromatic N) is 3. The van der Waals surface area contributed by atoms with Crippen molar-refractivity contribution < 1.29 is 4.79 Å². The van der Waals surface area contributed by atoms with Gasteiger partial charge in [0, 0.05) is 11.6 Å². The van der Waals surface area contributed by atoms with E-state index in [2.05, 4.69) is 21.6 Å². The molecular formula is C18H21ClN4O. The third kappa shape index (κ3) is 4.03. The molecule has 1 aliphatic rings. The topological polar surface area (TPSA) is 59.8 Å². The van der Waals surface area contributed by atoms with Crippen molar-refractivity contribution in [2.75, 3.05) is 6.54 Å². The zero-order valence-corrected chi connectivity index (χ0v) is 14.5. The van der Waals surface area contributed by atoms with Crippen molar-refractivity contribution in [1.82, 2.24) is 20.3 Å². The number of carbonyl (C=O) groups excluding carboxylic acids is 1. The molecule has 0 radical (unpaired) electrons. The van der Waals surface area contributed by atoms with E-state index in [4.69, 9.17) is 11.6 Å². The summed E-state index contributed by atoms with van der Waals surface area (Å²) in [4.78, 5) is 13.8. The average Bonchev–Trinajstić information content (AvgIpc) is 2.98. The summed E-state index contributed by atoms with van der Waals surface area (Å²) in [5, 5.41) is 12.2. The highest BCUT2D eigenvalue weighted by atomic mass is 35.5. The summed E-state index contributed by atoms with van der Waals surface area (Å²) in [6, 6.07) is 7.23. The van der Waals surface area contributed by atoms with Crippen LogP contribution in [0.2, 0.25) is 5.02 Å². The Morgan fingerprint density at radius 2 is 2.21 bits per heavy atom. The summed E-state index contributed by atoms with van der Waals surface area (Å²) in [6.07, 6.45) is 8.06. The minimum atomic E-state index is -0.183. The van der Waals surface area contributed by atoms with Crippen molar-refractivity contribution in [2.24, 2.45) is 0 Å². The van der Waals surface area contributed by atoms with E-state index in [9.17, 15) is 4.79 Å². The van der Waals surface area contributed by atoms with Crippen LogP contribution >= 0.6 is 11.6 Å². The zero-order valence-electron chi connectivity index (χ0n) is 13.8. The van der Waals surface area contributed by atoms with Gasteiger partial charge in [0.2, 0.25) is 0 Å². The first-order valence-electron chi connectivity index (χ1n) is 8.29. The molecule has 24 heavy (non-hydrogen) atoms. The van der Waals surface area contributed by atoms with Gasteiger partial charge in [0.25, 0.3) is 5.91 Å². The van der Waals surface area contributed by atoms with Crippen molar-refractivity contribution in [3.8, 4) is 5.69 Å². The number of benzene rings is 1. The Kier molecular flexibility index (Phi) is 5.30. The fourth-order valence-electron chi connectivity index (χ4n) is 2.86. The normalized spacial score (nSPS) is 14.3. The van der Waals surface area contributed by atoms with Crippen molar-refractivity contribution in [3.63, 3.8) is 0 Å². The molecule has 1 amide bonds. The standard InChI is InChI=1S/C18H21ClN4O/c1-13-17(18(24)20-11-10-14-6-3-2-4-7-14)22-23(21-13)16-9-5-8-15(19)12-16/h5-6,8-9,12H,2-4,7,10-11H2,1H3,(H,20,24). The fourth-order valence-corrected chi connectivity index (χ4v) is 3.04. The molecule has 1 N–H and O–H groups in total. The Morgan fingerprint density at radius 3 is 2.96 bits per heavy atom. The van der Waals surface area contributed by atoms with Gasteiger partial charge >= 0.3 is 0 Å². The lowest BCUT2D eigenvalue weighted by Crippen LogP contribution is -2.26. The molecule has 1 aliphatic carbocycles. The number of allylic oxidation sites excluding steroid dienone is 1. The predicted octanol–water partition coefficient (Wildman–Crippen LogP) is 3.85. The van der Waals surface area contributed by atoms with Gasteiger partial charge in [0.1, 0.15) is 0 Å². The van der Waals surface area contributed by atoms with Crippen LogP contribution in [0.5, 0.6) is 0 Å². The van der Waals surface area contributed by atoms with Crippen LogP contribution in [0.15, 0.2) is 35.9 Å². The molecule has 5 nitrogen and oxygen atoms in total. The number of nitrogens with one attached hydrogen (secondary N) is 1. The number of hydrogen-bond acceptors (Lipinski definition) is 3. The molecule has 2 aromatic rings. The van der Waals surface area contributed by atoms with E-state index < -0.39 is 0 Å². The van der Waals surface area contributed by atoms with Gasteiger partial charge in [-0.05, 0) is 57.2 Å². The van der Waals surface area contributed by atoms with Crippen LogP contribution in [0, 0.1) is 6.92 Å². The molecule has 126 valence electrons. The zero-order chi connectivity index (χ0) is 16.9. The first kappa shape index (κ1) is 16.7. The van der Waals surface area contributed by atoms with Crippen molar-refractivity contribution in [1.29, 1.82) is 0 Å². The number of aromatic nitrogens is 3. The van der Waals surface area contributed by atoms with Crippen molar-refractivity contribution >= 4 is 17.5 Å². The van der Waals surface area contributed by atoms with Crippen LogP contribution in [0.25, 0.3) is 5.69 Å². The van der Waals surface area contributed by atoms with Gasteiger partial charge in [0.05, 0.1) is 11.4 Å². The van der Waals surface area contributed by atoms with E-state index in [0.29, 0.717) is 23.0 Å². The Bertz CT molecular complexity index is 766. The van der Waals surface area contributed by atoms with E-state index in [1.807, 2.05) is 12.1 Å². The highest BCUT2D eigenvalue weighted by molar-refractivity contribution is 6.30. The highest BCUT2D eigenvalue weighted by Crippen LogP contribution is 2.19. The molecule has 0 fully saturated rings. The maximum absolute atomic E-state index is 12.3. The lowest BCUT2D eigenvalue weighted by atomic mass is 9.97. The number of halogens is 1. The molecule has 0 aliphatic heterocycles. The maximum Gasteiger partial charge on any atom is 0.273 e. The first-order valence-corrected chi connectivity index (χ1v) is 8.67. The van der Waals surface area contributed by atoms with Gasteiger partial charge in [-0.1, -0.05) is 29.3 Å². The van der Waals surface area contributed by atoms with Gasteiger partial charge in [0.15, 0.2) is 5.69 Å². The number of aryl methyl sites for hydroxylation is 1. The van der Waals surface area contributed by atoms with Crippen LogP contribution in [-0.4, -0.2) is 27.4 Å². The molecule has 1 aromatic heterocycles.